The summed E-state index contributed by atoms with van der Waals surface area (Å²) >= 11 is 3.41. The second-order valence-electron chi connectivity index (χ2n) is 5.78. The highest BCUT2D eigenvalue weighted by Crippen LogP contribution is 2.21. The van der Waals surface area contributed by atoms with Crippen molar-refractivity contribution in [1.29, 1.82) is 0 Å². The van der Waals surface area contributed by atoms with Crippen LogP contribution in [-0.2, 0) is 11.3 Å². The van der Waals surface area contributed by atoms with Gasteiger partial charge in [0.25, 0.3) is 0 Å². The second-order valence-corrected chi connectivity index (χ2v) is 6.70. The van der Waals surface area contributed by atoms with Crippen molar-refractivity contribution < 1.29 is 13.9 Å². The minimum Gasteiger partial charge on any atom is -0.494 e. The number of ether oxygens (including phenoxy) is 1. The van der Waals surface area contributed by atoms with Gasteiger partial charge in [0, 0.05) is 16.7 Å². The third kappa shape index (κ3) is 5.54. The van der Waals surface area contributed by atoms with Crippen LogP contribution in [0.25, 0.3) is 0 Å². The Labute approximate surface area is 156 Å². The molecule has 0 aliphatic heterocycles. The van der Waals surface area contributed by atoms with Gasteiger partial charge in [-0.05, 0) is 54.9 Å². The first-order valence-corrected chi connectivity index (χ1v) is 8.83. The molecule has 2 rings (SSSR count). The van der Waals surface area contributed by atoms with Gasteiger partial charge in [-0.15, -0.1) is 0 Å². The van der Waals surface area contributed by atoms with E-state index in [0.29, 0.717) is 13.1 Å². The highest BCUT2D eigenvalue weighted by molar-refractivity contribution is 9.10. The summed E-state index contributed by atoms with van der Waals surface area (Å²) < 4.78 is 19.7. The summed E-state index contributed by atoms with van der Waals surface area (Å²) in [6.07, 6.45) is 0. The SMILES string of the molecule is CCN(CC(=O)Nc1ccc(Br)cc1C)Cc1ccc(OC)c(F)c1. The summed E-state index contributed by atoms with van der Waals surface area (Å²) in [4.78, 5) is 14.3. The number of carbonyl (C=O) groups excluding carboxylic acids is 1. The van der Waals surface area contributed by atoms with E-state index in [2.05, 4.69) is 21.2 Å². The van der Waals surface area contributed by atoms with Gasteiger partial charge in [0.05, 0.1) is 13.7 Å². The lowest BCUT2D eigenvalue weighted by molar-refractivity contribution is -0.117. The Hall–Kier alpha value is -1.92. The molecule has 2 aromatic carbocycles. The molecule has 25 heavy (non-hydrogen) atoms. The molecule has 0 saturated heterocycles. The van der Waals surface area contributed by atoms with Crippen LogP contribution in [0.15, 0.2) is 40.9 Å². The van der Waals surface area contributed by atoms with E-state index in [1.54, 1.807) is 12.1 Å². The fourth-order valence-corrected chi connectivity index (χ4v) is 2.98. The number of anilines is 1. The molecular weight excluding hydrogens is 387 g/mol. The van der Waals surface area contributed by atoms with Gasteiger partial charge in [0.1, 0.15) is 0 Å². The number of nitrogens with one attached hydrogen (secondary N) is 1. The van der Waals surface area contributed by atoms with Crippen molar-refractivity contribution in [3.63, 3.8) is 0 Å². The van der Waals surface area contributed by atoms with Crippen molar-refractivity contribution in [3.8, 4) is 5.75 Å². The summed E-state index contributed by atoms with van der Waals surface area (Å²) in [7, 11) is 1.44. The molecule has 0 unspecified atom stereocenters. The Balaban J connectivity index is 1.98. The molecule has 0 aliphatic carbocycles. The first-order chi connectivity index (χ1) is 11.9. The average Bonchev–Trinajstić information content (AvgIpc) is 2.57. The molecule has 0 fully saturated rings. The topological polar surface area (TPSA) is 41.6 Å². The van der Waals surface area contributed by atoms with Crippen molar-refractivity contribution in [2.24, 2.45) is 0 Å². The number of methoxy groups -OCH3 is 1. The van der Waals surface area contributed by atoms with E-state index in [4.69, 9.17) is 4.74 Å². The van der Waals surface area contributed by atoms with E-state index in [1.165, 1.54) is 13.2 Å². The Morgan fingerprint density at radius 1 is 1.28 bits per heavy atom. The monoisotopic (exact) mass is 408 g/mol. The van der Waals surface area contributed by atoms with Crippen LogP contribution in [0.4, 0.5) is 10.1 Å². The number of halogens is 2. The van der Waals surface area contributed by atoms with Crippen molar-refractivity contribution in [1.82, 2.24) is 4.90 Å². The van der Waals surface area contributed by atoms with Gasteiger partial charge in [0.2, 0.25) is 5.91 Å². The molecule has 2 aromatic rings. The van der Waals surface area contributed by atoms with Crippen molar-refractivity contribution >= 4 is 27.5 Å². The van der Waals surface area contributed by atoms with Gasteiger partial charge in [-0.2, -0.15) is 0 Å². The minimum absolute atomic E-state index is 0.0961. The lowest BCUT2D eigenvalue weighted by atomic mass is 10.2. The van der Waals surface area contributed by atoms with Crippen LogP contribution < -0.4 is 10.1 Å². The molecule has 6 heteroatoms. The molecular formula is C19H22BrFN2O2. The molecule has 0 atom stereocenters. The van der Waals surface area contributed by atoms with Crippen LogP contribution in [-0.4, -0.2) is 31.0 Å². The van der Waals surface area contributed by atoms with Crippen LogP contribution in [0.2, 0.25) is 0 Å². The van der Waals surface area contributed by atoms with Crippen molar-refractivity contribution in [2.45, 2.75) is 20.4 Å². The van der Waals surface area contributed by atoms with E-state index in [-0.39, 0.29) is 18.2 Å². The normalized spacial score (nSPS) is 10.8. The second kappa shape index (κ2) is 8.97. The molecule has 0 heterocycles. The Kier molecular flexibility index (Phi) is 6.96. The maximum atomic E-state index is 13.8. The van der Waals surface area contributed by atoms with Crippen LogP contribution in [0.3, 0.4) is 0 Å². The van der Waals surface area contributed by atoms with Gasteiger partial charge >= 0.3 is 0 Å². The summed E-state index contributed by atoms with van der Waals surface area (Å²) in [6, 6.07) is 10.6. The third-order valence-corrected chi connectivity index (χ3v) is 4.39. The Bertz CT molecular complexity index is 752. The summed E-state index contributed by atoms with van der Waals surface area (Å²) in [6.45, 7) is 5.32. The van der Waals surface area contributed by atoms with Crippen molar-refractivity contribution in [3.05, 3.63) is 57.8 Å². The average molecular weight is 409 g/mol. The number of likely N-dealkylation sites (N-methyl/N-ethyl adjacent to an activating group) is 1. The van der Waals surface area contributed by atoms with Gasteiger partial charge < -0.3 is 10.1 Å². The molecule has 0 aromatic heterocycles. The zero-order chi connectivity index (χ0) is 18.4. The quantitative estimate of drug-likeness (QED) is 0.739. The number of hydrogen-bond acceptors (Lipinski definition) is 3. The zero-order valence-electron chi connectivity index (χ0n) is 14.6. The molecule has 0 radical (unpaired) electrons. The minimum atomic E-state index is -0.397. The van der Waals surface area contributed by atoms with E-state index in [1.807, 2.05) is 36.9 Å². The van der Waals surface area contributed by atoms with Gasteiger partial charge in [-0.3, -0.25) is 9.69 Å². The van der Waals surface area contributed by atoms with Crippen molar-refractivity contribution in [2.75, 3.05) is 25.5 Å². The Morgan fingerprint density at radius 2 is 2.04 bits per heavy atom. The number of rotatable bonds is 7. The molecule has 4 nitrogen and oxygen atoms in total. The fraction of sp³-hybridized carbons (Fsp3) is 0.316. The third-order valence-electron chi connectivity index (χ3n) is 3.90. The highest BCUT2D eigenvalue weighted by Gasteiger charge is 2.12. The summed E-state index contributed by atoms with van der Waals surface area (Å²) in [5.74, 6) is -0.275. The van der Waals surface area contributed by atoms with Crippen LogP contribution >= 0.6 is 15.9 Å². The standard InChI is InChI=1S/C19H22BrFN2O2/c1-4-23(11-14-5-8-18(25-3)16(21)10-14)12-19(24)22-17-7-6-15(20)9-13(17)2/h5-10H,4,11-12H2,1-3H3,(H,22,24). The molecule has 0 spiro atoms. The van der Waals surface area contributed by atoms with Crippen LogP contribution in [0, 0.1) is 12.7 Å². The first kappa shape index (κ1) is 19.4. The number of hydrogen-bond donors (Lipinski definition) is 1. The van der Waals surface area contributed by atoms with Gasteiger partial charge in [-0.25, -0.2) is 4.39 Å². The molecule has 0 bridgehead atoms. The lowest BCUT2D eigenvalue weighted by Gasteiger charge is -2.20. The lowest BCUT2D eigenvalue weighted by Crippen LogP contribution is -2.32. The molecule has 1 amide bonds. The number of aryl methyl sites for hydroxylation is 1. The smallest absolute Gasteiger partial charge is 0.238 e. The van der Waals surface area contributed by atoms with E-state index >= 15 is 0 Å². The summed E-state index contributed by atoms with van der Waals surface area (Å²) in [5, 5.41) is 2.92. The number of amides is 1. The van der Waals surface area contributed by atoms with Gasteiger partial charge in [0.15, 0.2) is 11.6 Å². The maximum Gasteiger partial charge on any atom is 0.238 e. The first-order valence-electron chi connectivity index (χ1n) is 8.03. The van der Waals surface area contributed by atoms with Crippen LogP contribution in [0.5, 0.6) is 5.75 Å². The predicted octanol–water partition coefficient (Wildman–Crippen LogP) is 4.37. The van der Waals surface area contributed by atoms with E-state index < -0.39 is 5.82 Å². The van der Waals surface area contributed by atoms with Gasteiger partial charge in [-0.1, -0.05) is 28.9 Å². The number of benzene rings is 2. The molecule has 0 saturated carbocycles. The van der Waals surface area contributed by atoms with Crippen LogP contribution in [0.1, 0.15) is 18.1 Å². The number of nitrogens with zero attached hydrogens (tertiary/aromatic N) is 1. The largest absolute Gasteiger partial charge is 0.494 e. The highest BCUT2D eigenvalue weighted by atomic mass is 79.9. The molecule has 1 N–H and O–H groups in total. The fourth-order valence-electron chi connectivity index (χ4n) is 2.51. The van der Waals surface area contributed by atoms with E-state index in [9.17, 15) is 9.18 Å². The predicted molar refractivity (Wildman–Crippen MR) is 101 cm³/mol. The Morgan fingerprint density at radius 3 is 2.64 bits per heavy atom. The summed E-state index contributed by atoms with van der Waals surface area (Å²) in [5.41, 5.74) is 2.58. The van der Waals surface area contributed by atoms with E-state index in [0.717, 1.165) is 21.3 Å². The zero-order valence-corrected chi connectivity index (χ0v) is 16.2. The molecule has 0 aliphatic rings. The maximum absolute atomic E-state index is 13.8. The number of carbonyl (C=O) groups is 1. The molecule has 134 valence electrons.